The van der Waals surface area contributed by atoms with Gasteiger partial charge in [0.15, 0.2) is 0 Å². The van der Waals surface area contributed by atoms with Crippen molar-refractivity contribution >= 4 is 21.7 Å². The van der Waals surface area contributed by atoms with Crippen LogP contribution in [0.1, 0.15) is 49.9 Å². The van der Waals surface area contributed by atoms with Gasteiger partial charge in [-0.3, -0.25) is 0 Å². The van der Waals surface area contributed by atoms with E-state index >= 15 is 0 Å². The van der Waals surface area contributed by atoms with Crippen molar-refractivity contribution in [3.8, 4) is 0 Å². The zero-order valence-electron chi connectivity index (χ0n) is 12.8. The van der Waals surface area contributed by atoms with E-state index in [0.717, 1.165) is 25.7 Å². The quantitative estimate of drug-likeness (QED) is 0.682. The molecule has 0 radical (unpaired) electrons. The van der Waals surface area contributed by atoms with Crippen LogP contribution in [0.2, 0.25) is 0 Å². The summed E-state index contributed by atoms with van der Waals surface area (Å²) in [6.07, 6.45) is 3.62. The first-order chi connectivity index (χ1) is 10.3. The molecule has 0 aliphatic heterocycles. The maximum absolute atomic E-state index is 12.3. The van der Waals surface area contributed by atoms with E-state index < -0.39 is 16.0 Å². The number of aromatic carboxylic acids is 1. The second kappa shape index (κ2) is 6.66. The number of anilines is 1. The number of hydrogen-bond donors (Lipinski definition) is 3. The fourth-order valence-electron chi connectivity index (χ4n) is 2.27. The molecular formula is C15H22N2O4S. The highest BCUT2D eigenvalue weighted by atomic mass is 32.2. The van der Waals surface area contributed by atoms with Crippen LogP contribution in [-0.4, -0.2) is 31.6 Å². The predicted octanol–water partition coefficient (Wildman–Crippen LogP) is 2.43. The second-order valence-corrected chi connectivity index (χ2v) is 7.46. The van der Waals surface area contributed by atoms with Crippen LogP contribution in [0.25, 0.3) is 0 Å². The SMILES string of the molecule is CCC[C@H](C)NS(=O)(=O)c1ccc(NC2CC2)c(C(=O)O)c1. The number of benzene rings is 1. The Morgan fingerprint density at radius 3 is 2.64 bits per heavy atom. The molecule has 0 spiro atoms. The van der Waals surface area contributed by atoms with Gasteiger partial charge in [0.05, 0.1) is 10.5 Å². The number of carbonyl (C=O) groups is 1. The molecule has 22 heavy (non-hydrogen) atoms. The maximum Gasteiger partial charge on any atom is 0.337 e. The van der Waals surface area contributed by atoms with Crippen molar-refractivity contribution < 1.29 is 18.3 Å². The van der Waals surface area contributed by atoms with E-state index in [1.54, 1.807) is 6.92 Å². The number of hydrogen-bond acceptors (Lipinski definition) is 4. The lowest BCUT2D eigenvalue weighted by molar-refractivity contribution is 0.0697. The molecule has 7 heteroatoms. The predicted molar refractivity (Wildman–Crippen MR) is 84.7 cm³/mol. The van der Waals surface area contributed by atoms with Crippen LogP contribution in [0.3, 0.4) is 0 Å². The molecule has 3 N–H and O–H groups in total. The Balaban J connectivity index is 2.26. The lowest BCUT2D eigenvalue weighted by Crippen LogP contribution is -2.32. The summed E-state index contributed by atoms with van der Waals surface area (Å²) in [5.74, 6) is -1.14. The van der Waals surface area contributed by atoms with Crippen LogP contribution in [0.5, 0.6) is 0 Å². The minimum atomic E-state index is -3.71. The average Bonchev–Trinajstić information content (AvgIpc) is 3.22. The van der Waals surface area contributed by atoms with Crippen molar-refractivity contribution in [1.82, 2.24) is 4.72 Å². The minimum Gasteiger partial charge on any atom is -0.478 e. The number of nitrogens with one attached hydrogen (secondary N) is 2. The van der Waals surface area contributed by atoms with Gasteiger partial charge in [0.25, 0.3) is 0 Å². The molecule has 1 aliphatic rings. The normalized spacial score (nSPS) is 16.3. The van der Waals surface area contributed by atoms with Crippen LogP contribution in [0, 0.1) is 0 Å². The van der Waals surface area contributed by atoms with Gasteiger partial charge in [-0.15, -0.1) is 0 Å². The number of rotatable bonds is 8. The fourth-order valence-corrected chi connectivity index (χ4v) is 3.57. The third kappa shape index (κ3) is 4.20. The van der Waals surface area contributed by atoms with Crippen molar-refractivity contribution in [2.75, 3.05) is 5.32 Å². The Hall–Kier alpha value is -1.60. The van der Waals surface area contributed by atoms with E-state index in [9.17, 15) is 18.3 Å². The van der Waals surface area contributed by atoms with Crippen LogP contribution >= 0.6 is 0 Å². The molecule has 0 aromatic heterocycles. The number of sulfonamides is 1. The highest BCUT2D eigenvalue weighted by molar-refractivity contribution is 7.89. The maximum atomic E-state index is 12.3. The third-order valence-corrected chi connectivity index (χ3v) is 5.13. The van der Waals surface area contributed by atoms with Gasteiger partial charge in [0.2, 0.25) is 10.0 Å². The summed E-state index contributed by atoms with van der Waals surface area (Å²) in [7, 11) is -3.71. The van der Waals surface area contributed by atoms with E-state index in [4.69, 9.17) is 0 Å². The Morgan fingerprint density at radius 2 is 2.09 bits per heavy atom. The Bertz CT molecular complexity index is 654. The van der Waals surface area contributed by atoms with Crippen molar-refractivity contribution in [1.29, 1.82) is 0 Å². The van der Waals surface area contributed by atoms with Crippen molar-refractivity contribution in [2.45, 2.75) is 56.5 Å². The molecule has 1 atom stereocenters. The van der Waals surface area contributed by atoms with E-state index in [0.29, 0.717) is 11.7 Å². The lowest BCUT2D eigenvalue weighted by atomic mass is 10.2. The molecule has 2 rings (SSSR count). The van der Waals surface area contributed by atoms with E-state index in [-0.39, 0.29) is 16.5 Å². The molecule has 0 bridgehead atoms. The fraction of sp³-hybridized carbons (Fsp3) is 0.533. The van der Waals surface area contributed by atoms with Gasteiger partial charge >= 0.3 is 5.97 Å². The zero-order valence-corrected chi connectivity index (χ0v) is 13.6. The van der Waals surface area contributed by atoms with E-state index in [1.807, 2.05) is 6.92 Å². The standard InChI is InChI=1S/C15H22N2O4S/c1-3-4-10(2)17-22(20,21)12-7-8-14(16-11-5-6-11)13(9-12)15(18)19/h7-11,16-17H,3-6H2,1-2H3,(H,18,19)/t10-/m0/s1. The largest absolute Gasteiger partial charge is 0.478 e. The van der Waals surface area contributed by atoms with Crippen LogP contribution in [-0.2, 0) is 10.0 Å². The van der Waals surface area contributed by atoms with E-state index in [1.165, 1.54) is 18.2 Å². The summed E-state index contributed by atoms with van der Waals surface area (Å²) >= 11 is 0. The summed E-state index contributed by atoms with van der Waals surface area (Å²) in [4.78, 5) is 11.4. The topological polar surface area (TPSA) is 95.5 Å². The molecule has 0 saturated heterocycles. The Kier molecular flexibility index (Phi) is 5.08. The summed E-state index contributed by atoms with van der Waals surface area (Å²) < 4.78 is 27.2. The molecular weight excluding hydrogens is 304 g/mol. The van der Waals surface area contributed by atoms with Gasteiger partial charge in [-0.05, 0) is 44.4 Å². The summed E-state index contributed by atoms with van der Waals surface area (Å²) in [6.45, 7) is 3.77. The first-order valence-electron chi connectivity index (χ1n) is 7.49. The second-order valence-electron chi connectivity index (χ2n) is 5.74. The Labute approximate surface area is 131 Å². The monoisotopic (exact) mass is 326 g/mol. The van der Waals surface area contributed by atoms with Crippen molar-refractivity contribution in [2.24, 2.45) is 0 Å². The molecule has 1 fully saturated rings. The number of carboxylic acids is 1. The van der Waals surface area contributed by atoms with Gasteiger partial charge in [0.1, 0.15) is 0 Å². The molecule has 1 aromatic rings. The molecule has 0 heterocycles. The van der Waals surface area contributed by atoms with Crippen LogP contribution in [0.15, 0.2) is 23.1 Å². The summed E-state index contributed by atoms with van der Waals surface area (Å²) in [6, 6.07) is 4.29. The molecule has 1 saturated carbocycles. The molecule has 6 nitrogen and oxygen atoms in total. The first-order valence-corrected chi connectivity index (χ1v) is 8.98. The molecule has 122 valence electrons. The average molecular weight is 326 g/mol. The van der Waals surface area contributed by atoms with Crippen LogP contribution < -0.4 is 10.0 Å². The molecule has 1 aromatic carbocycles. The molecule has 1 aliphatic carbocycles. The Morgan fingerprint density at radius 1 is 1.41 bits per heavy atom. The van der Waals surface area contributed by atoms with Gasteiger partial charge < -0.3 is 10.4 Å². The van der Waals surface area contributed by atoms with Crippen LogP contribution in [0.4, 0.5) is 5.69 Å². The number of carboxylic acid groups (broad SMARTS) is 1. The smallest absolute Gasteiger partial charge is 0.337 e. The van der Waals surface area contributed by atoms with Crippen molar-refractivity contribution in [3.63, 3.8) is 0 Å². The summed E-state index contributed by atoms with van der Waals surface area (Å²) in [5, 5.41) is 12.4. The highest BCUT2D eigenvalue weighted by Gasteiger charge is 2.25. The highest BCUT2D eigenvalue weighted by Crippen LogP contribution is 2.28. The first kappa shape index (κ1) is 16.8. The van der Waals surface area contributed by atoms with Gasteiger partial charge in [-0.1, -0.05) is 13.3 Å². The summed E-state index contributed by atoms with van der Waals surface area (Å²) in [5.41, 5.74) is 0.452. The molecule has 0 unspecified atom stereocenters. The molecule has 0 amide bonds. The van der Waals surface area contributed by atoms with Gasteiger partial charge in [-0.2, -0.15) is 0 Å². The van der Waals surface area contributed by atoms with E-state index in [2.05, 4.69) is 10.0 Å². The van der Waals surface area contributed by atoms with Gasteiger partial charge in [0, 0.05) is 17.8 Å². The van der Waals surface area contributed by atoms with Gasteiger partial charge in [-0.25, -0.2) is 17.9 Å². The zero-order chi connectivity index (χ0) is 16.3. The minimum absolute atomic E-state index is 0.0158. The third-order valence-electron chi connectivity index (χ3n) is 3.55. The van der Waals surface area contributed by atoms with Crippen molar-refractivity contribution in [3.05, 3.63) is 23.8 Å². The lowest BCUT2D eigenvalue weighted by Gasteiger charge is -2.15.